The number of hydrogen-bond acceptors (Lipinski definition) is 2. The lowest BCUT2D eigenvalue weighted by atomic mass is 9.86. The smallest absolute Gasteiger partial charge is 0.131 e. The van der Waals surface area contributed by atoms with E-state index in [0.29, 0.717) is 24.2 Å². The quantitative estimate of drug-likeness (QED) is 0.919. The number of ether oxygens (including phenoxy) is 1. The maximum Gasteiger partial charge on any atom is 0.131 e. The van der Waals surface area contributed by atoms with Crippen molar-refractivity contribution < 1.29 is 14.2 Å². The van der Waals surface area contributed by atoms with E-state index >= 15 is 0 Å². The molecule has 110 valence electrons. The topological polar surface area (TPSA) is 29.5 Å². The van der Waals surface area contributed by atoms with Gasteiger partial charge in [0.15, 0.2) is 0 Å². The maximum atomic E-state index is 14.1. The average Bonchev–Trinajstić information content (AvgIpc) is 2.50. The van der Waals surface area contributed by atoms with E-state index in [0.717, 1.165) is 17.7 Å². The predicted octanol–water partition coefficient (Wildman–Crippen LogP) is 4.12. The van der Waals surface area contributed by atoms with Crippen LogP contribution in [-0.2, 0) is 0 Å². The molecule has 2 aromatic carbocycles. The number of aryl methyl sites for hydroxylation is 1. The van der Waals surface area contributed by atoms with Crippen molar-refractivity contribution in [1.29, 1.82) is 0 Å². The minimum absolute atomic E-state index is 0.199. The van der Waals surface area contributed by atoms with Crippen LogP contribution in [0, 0.1) is 12.7 Å². The molecule has 1 aliphatic heterocycles. The molecular weight excluding hydrogens is 267 g/mol. The molecule has 0 spiro atoms. The van der Waals surface area contributed by atoms with Gasteiger partial charge in [-0.15, -0.1) is 0 Å². The maximum absolute atomic E-state index is 14.1. The molecule has 2 atom stereocenters. The summed E-state index contributed by atoms with van der Waals surface area (Å²) in [5, 5.41) is 10.4. The summed E-state index contributed by atoms with van der Waals surface area (Å²) in [6.07, 6.45) is 0.573. The van der Waals surface area contributed by atoms with Crippen LogP contribution in [0.1, 0.15) is 41.6 Å². The molecule has 0 saturated heterocycles. The van der Waals surface area contributed by atoms with Gasteiger partial charge in [-0.2, -0.15) is 0 Å². The van der Waals surface area contributed by atoms with E-state index < -0.39 is 6.10 Å². The number of para-hydroxylation sites is 1. The van der Waals surface area contributed by atoms with Gasteiger partial charge in [0, 0.05) is 5.56 Å². The first-order valence-electron chi connectivity index (χ1n) is 7.31. The van der Waals surface area contributed by atoms with Gasteiger partial charge in [-0.25, -0.2) is 4.39 Å². The molecule has 0 aliphatic carbocycles. The van der Waals surface area contributed by atoms with Gasteiger partial charge in [0.25, 0.3) is 0 Å². The summed E-state index contributed by atoms with van der Waals surface area (Å²) in [4.78, 5) is 0. The Kier molecular flexibility index (Phi) is 3.93. The molecule has 0 fully saturated rings. The highest BCUT2D eigenvalue weighted by molar-refractivity contribution is 5.38. The van der Waals surface area contributed by atoms with E-state index in [-0.39, 0.29) is 11.7 Å². The second kappa shape index (κ2) is 5.86. The number of hydrogen-bond donors (Lipinski definition) is 1. The molecule has 0 saturated carbocycles. The molecule has 3 rings (SSSR count). The fourth-order valence-corrected chi connectivity index (χ4v) is 2.98. The van der Waals surface area contributed by atoms with E-state index in [1.54, 1.807) is 25.1 Å². The monoisotopic (exact) mass is 286 g/mol. The van der Waals surface area contributed by atoms with E-state index in [2.05, 4.69) is 0 Å². The van der Waals surface area contributed by atoms with Crippen LogP contribution >= 0.6 is 0 Å². The first-order valence-corrected chi connectivity index (χ1v) is 7.31. The molecule has 0 bridgehead atoms. The fourth-order valence-electron chi connectivity index (χ4n) is 2.98. The average molecular weight is 286 g/mol. The number of halogens is 1. The summed E-state index contributed by atoms with van der Waals surface area (Å²) < 4.78 is 19.7. The Balaban J connectivity index is 1.83. The summed E-state index contributed by atoms with van der Waals surface area (Å²) in [6, 6.07) is 13.1. The van der Waals surface area contributed by atoms with Crippen molar-refractivity contribution in [3.05, 3.63) is 65.0 Å². The lowest BCUT2D eigenvalue weighted by molar-refractivity contribution is 0.141. The molecule has 21 heavy (non-hydrogen) atoms. The van der Waals surface area contributed by atoms with Gasteiger partial charge in [0.05, 0.1) is 12.7 Å². The second-order valence-corrected chi connectivity index (χ2v) is 5.60. The SMILES string of the molecule is Cc1cccc(C(O)CC2CCOc3ccccc32)c1F. The molecule has 1 heterocycles. The molecule has 2 nitrogen and oxygen atoms in total. The standard InChI is InChI=1S/C18H19FO2/c1-12-5-4-7-15(18(12)19)16(20)11-13-9-10-21-17-8-3-2-6-14(13)17/h2-8,13,16,20H,9-11H2,1H3. The second-order valence-electron chi connectivity index (χ2n) is 5.60. The van der Waals surface area contributed by atoms with Gasteiger partial charge in [0.2, 0.25) is 0 Å². The minimum atomic E-state index is -0.791. The first kappa shape index (κ1) is 14.1. The van der Waals surface area contributed by atoms with Gasteiger partial charge in [-0.3, -0.25) is 0 Å². The lowest BCUT2D eigenvalue weighted by Crippen LogP contribution is -2.17. The van der Waals surface area contributed by atoms with Crippen molar-refractivity contribution in [3.8, 4) is 5.75 Å². The van der Waals surface area contributed by atoms with E-state index in [1.165, 1.54) is 0 Å². The fraction of sp³-hybridized carbons (Fsp3) is 0.333. The van der Waals surface area contributed by atoms with Gasteiger partial charge >= 0.3 is 0 Å². The number of rotatable bonds is 3. The van der Waals surface area contributed by atoms with Crippen molar-refractivity contribution in [2.24, 2.45) is 0 Å². The Labute approximate surface area is 124 Å². The van der Waals surface area contributed by atoms with E-state index in [4.69, 9.17) is 4.74 Å². The van der Waals surface area contributed by atoms with Crippen LogP contribution < -0.4 is 4.74 Å². The summed E-state index contributed by atoms with van der Waals surface area (Å²) in [5.74, 6) is 0.779. The van der Waals surface area contributed by atoms with E-state index in [1.807, 2.05) is 24.3 Å². The molecule has 3 heteroatoms. The Morgan fingerprint density at radius 2 is 2.05 bits per heavy atom. The highest BCUT2D eigenvalue weighted by Crippen LogP contribution is 2.39. The van der Waals surface area contributed by atoms with Crippen LogP contribution in [0.25, 0.3) is 0 Å². The van der Waals surface area contributed by atoms with Crippen molar-refractivity contribution in [3.63, 3.8) is 0 Å². The van der Waals surface area contributed by atoms with Crippen LogP contribution in [0.2, 0.25) is 0 Å². The van der Waals surface area contributed by atoms with Gasteiger partial charge in [-0.05, 0) is 42.9 Å². The van der Waals surface area contributed by atoms with E-state index in [9.17, 15) is 9.50 Å². The number of aliphatic hydroxyl groups is 1. The zero-order valence-corrected chi connectivity index (χ0v) is 12.1. The zero-order chi connectivity index (χ0) is 14.8. The summed E-state index contributed by atoms with van der Waals surface area (Å²) in [5.41, 5.74) is 2.06. The summed E-state index contributed by atoms with van der Waals surface area (Å²) >= 11 is 0. The van der Waals surface area contributed by atoms with Crippen LogP contribution in [0.5, 0.6) is 5.75 Å². The molecule has 0 amide bonds. The third-order valence-corrected chi connectivity index (χ3v) is 4.17. The zero-order valence-electron chi connectivity index (χ0n) is 12.1. The Bertz CT molecular complexity index is 639. The Morgan fingerprint density at radius 1 is 1.24 bits per heavy atom. The number of aliphatic hydroxyl groups excluding tert-OH is 1. The molecule has 2 aromatic rings. The van der Waals surface area contributed by atoms with Crippen molar-refractivity contribution in [1.82, 2.24) is 0 Å². The van der Waals surface area contributed by atoms with Gasteiger partial charge in [-0.1, -0.05) is 36.4 Å². The van der Waals surface area contributed by atoms with Crippen LogP contribution in [0.15, 0.2) is 42.5 Å². The Morgan fingerprint density at radius 3 is 2.90 bits per heavy atom. The highest BCUT2D eigenvalue weighted by atomic mass is 19.1. The molecular formula is C18H19FO2. The third kappa shape index (κ3) is 2.79. The van der Waals surface area contributed by atoms with Gasteiger partial charge in [0.1, 0.15) is 11.6 Å². The molecule has 0 radical (unpaired) electrons. The van der Waals surface area contributed by atoms with Crippen molar-refractivity contribution in [2.75, 3.05) is 6.61 Å². The molecule has 1 aliphatic rings. The lowest BCUT2D eigenvalue weighted by Gasteiger charge is -2.27. The summed E-state index contributed by atoms with van der Waals surface area (Å²) in [6.45, 7) is 2.36. The minimum Gasteiger partial charge on any atom is -0.493 e. The first-order chi connectivity index (χ1) is 10.2. The molecule has 2 unspecified atom stereocenters. The largest absolute Gasteiger partial charge is 0.493 e. The van der Waals surface area contributed by atoms with Crippen LogP contribution in [-0.4, -0.2) is 11.7 Å². The van der Waals surface area contributed by atoms with Gasteiger partial charge < -0.3 is 9.84 Å². The van der Waals surface area contributed by atoms with Crippen LogP contribution in [0.4, 0.5) is 4.39 Å². The molecule has 0 aromatic heterocycles. The third-order valence-electron chi connectivity index (χ3n) is 4.17. The van der Waals surface area contributed by atoms with Crippen LogP contribution in [0.3, 0.4) is 0 Å². The number of fused-ring (bicyclic) bond motifs is 1. The van der Waals surface area contributed by atoms with Crippen molar-refractivity contribution in [2.45, 2.75) is 31.8 Å². The summed E-state index contributed by atoms with van der Waals surface area (Å²) in [7, 11) is 0. The number of benzene rings is 2. The molecule has 1 N–H and O–H groups in total. The normalized spacial score (nSPS) is 18.7. The predicted molar refractivity (Wildman–Crippen MR) is 80.0 cm³/mol. The van der Waals surface area contributed by atoms with Crippen molar-refractivity contribution >= 4 is 0 Å². The highest BCUT2D eigenvalue weighted by Gasteiger charge is 2.25. The Hall–Kier alpha value is -1.87.